The highest BCUT2D eigenvalue weighted by molar-refractivity contribution is 5.99. The Kier molecular flexibility index (Phi) is 4.04. The number of carbonyl (C=O) groups excluding carboxylic acids is 1. The minimum absolute atomic E-state index is 0.0835. The van der Waals surface area contributed by atoms with Crippen LogP contribution in [0.2, 0.25) is 0 Å². The van der Waals surface area contributed by atoms with Crippen LogP contribution in [-0.4, -0.2) is 23.2 Å². The lowest BCUT2D eigenvalue weighted by atomic mass is 9.82. The highest BCUT2D eigenvalue weighted by atomic mass is 19.1. The molecule has 1 saturated carbocycles. The van der Waals surface area contributed by atoms with Gasteiger partial charge in [0.25, 0.3) is 5.91 Å². The van der Waals surface area contributed by atoms with Gasteiger partial charge in [0.15, 0.2) is 0 Å². The Morgan fingerprint density at radius 1 is 1.37 bits per heavy atom. The fourth-order valence-electron chi connectivity index (χ4n) is 2.60. The van der Waals surface area contributed by atoms with Gasteiger partial charge in [0.2, 0.25) is 0 Å². The molecule has 0 aromatic heterocycles. The van der Waals surface area contributed by atoms with Gasteiger partial charge in [-0.3, -0.25) is 4.79 Å². The summed E-state index contributed by atoms with van der Waals surface area (Å²) < 4.78 is 13.0. The van der Waals surface area contributed by atoms with Crippen LogP contribution in [0, 0.1) is 5.82 Å². The van der Waals surface area contributed by atoms with E-state index >= 15 is 0 Å². The molecule has 1 aromatic rings. The molecule has 104 valence electrons. The molecule has 0 unspecified atom stereocenters. The number of hydrogen-bond acceptors (Lipinski definition) is 3. The van der Waals surface area contributed by atoms with Gasteiger partial charge in [0.1, 0.15) is 5.82 Å². The van der Waals surface area contributed by atoms with Crippen molar-refractivity contribution in [3.8, 4) is 0 Å². The van der Waals surface area contributed by atoms with E-state index in [0.717, 1.165) is 38.2 Å². The molecule has 0 saturated heterocycles. The molecule has 4 nitrogen and oxygen atoms in total. The topological polar surface area (TPSA) is 75.4 Å². The SMILES string of the molecule is Nc1cc(F)ccc1C(=O)NC1(CO)CCCCC1. The molecule has 0 radical (unpaired) electrons. The van der Waals surface area contributed by atoms with Crippen LogP contribution in [0.1, 0.15) is 42.5 Å². The summed E-state index contributed by atoms with van der Waals surface area (Å²) in [5.41, 5.74) is 5.45. The Bertz CT molecular complexity index is 471. The molecule has 0 heterocycles. The molecule has 0 atom stereocenters. The summed E-state index contributed by atoms with van der Waals surface area (Å²) >= 11 is 0. The third-order valence-electron chi connectivity index (χ3n) is 3.75. The van der Waals surface area contributed by atoms with Crippen LogP contribution in [0.5, 0.6) is 0 Å². The maximum atomic E-state index is 13.0. The molecule has 1 aromatic carbocycles. The molecule has 1 aliphatic rings. The first-order chi connectivity index (χ1) is 9.06. The number of carbonyl (C=O) groups is 1. The zero-order valence-corrected chi connectivity index (χ0v) is 10.8. The molecule has 4 N–H and O–H groups in total. The average Bonchev–Trinajstić information content (AvgIpc) is 2.39. The predicted molar refractivity (Wildman–Crippen MR) is 71.2 cm³/mol. The third-order valence-corrected chi connectivity index (χ3v) is 3.75. The first kappa shape index (κ1) is 13.8. The van der Waals surface area contributed by atoms with Gasteiger partial charge in [-0.15, -0.1) is 0 Å². The van der Waals surface area contributed by atoms with E-state index in [2.05, 4.69) is 5.32 Å². The Morgan fingerprint density at radius 2 is 2.05 bits per heavy atom. The molecule has 19 heavy (non-hydrogen) atoms. The van der Waals surface area contributed by atoms with Gasteiger partial charge in [-0.2, -0.15) is 0 Å². The van der Waals surface area contributed by atoms with Crippen molar-refractivity contribution in [1.29, 1.82) is 0 Å². The van der Waals surface area contributed by atoms with E-state index in [9.17, 15) is 14.3 Å². The normalized spacial score (nSPS) is 18.0. The number of amides is 1. The van der Waals surface area contributed by atoms with Crippen molar-refractivity contribution in [2.24, 2.45) is 0 Å². The van der Waals surface area contributed by atoms with Crippen molar-refractivity contribution < 1.29 is 14.3 Å². The molecular formula is C14H19FN2O2. The second-order valence-electron chi connectivity index (χ2n) is 5.18. The number of benzene rings is 1. The van der Waals surface area contributed by atoms with E-state index in [1.165, 1.54) is 12.1 Å². The summed E-state index contributed by atoms with van der Waals surface area (Å²) in [6.45, 7) is -0.0835. The Hall–Kier alpha value is -1.62. The first-order valence-corrected chi connectivity index (χ1v) is 6.55. The Labute approximate surface area is 111 Å². The van der Waals surface area contributed by atoms with Crippen LogP contribution >= 0.6 is 0 Å². The lowest BCUT2D eigenvalue weighted by Gasteiger charge is -2.36. The fourth-order valence-corrected chi connectivity index (χ4v) is 2.60. The fraction of sp³-hybridized carbons (Fsp3) is 0.500. The third kappa shape index (κ3) is 3.04. The molecule has 1 amide bonds. The predicted octanol–water partition coefficient (Wildman–Crippen LogP) is 1.83. The van der Waals surface area contributed by atoms with Gasteiger partial charge in [0.05, 0.1) is 17.7 Å². The van der Waals surface area contributed by atoms with Crippen LogP contribution < -0.4 is 11.1 Å². The monoisotopic (exact) mass is 266 g/mol. The van der Waals surface area contributed by atoms with Crippen LogP contribution in [0.3, 0.4) is 0 Å². The molecule has 5 heteroatoms. The maximum Gasteiger partial charge on any atom is 0.253 e. The molecular weight excluding hydrogens is 247 g/mol. The molecule has 1 fully saturated rings. The van der Waals surface area contributed by atoms with Gasteiger partial charge in [-0.25, -0.2) is 4.39 Å². The molecule has 2 rings (SSSR count). The van der Waals surface area contributed by atoms with E-state index in [1.54, 1.807) is 0 Å². The van der Waals surface area contributed by atoms with E-state index in [0.29, 0.717) is 0 Å². The van der Waals surface area contributed by atoms with Crippen molar-refractivity contribution in [2.45, 2.75) is 37.6 Å². The number of aliphatic hydroxyl groups excluding tert-OH is 1. The number of aliphatic hydroxyl groups is 1. The summed E-state index contributed by atoms with van der Waals surface area (Å²) in [5.74, 6) is -0.822. The number of halogens is 1. The lowest BCUT2D eigenvalue weighted by molar-refractivity contribution is 0.0759. The van der Waals surface area contributed by atoms with Gasteiger partial charge >= 0.3 is 0 Å². The summed E-state index contributed by atoms with van der Waals surface area (Å²) in [4.78, 5) is 12.2. The van der Waals surface area contributed by atoms with Gasteiger partial charge in [-0.05, 0) is 31.0 Å². The van der Waals surface area contributed by atoms with Gasteiger partial charge in [-0.1, -0.05) is 19.3 Å². The minimum atomic E-state index is -0.559. The zero-order chi connectivity index (χ0) is 13.9. The summed E-state index contributed by atoms with van der Waals surface area (Å²) in [6, 6.07) is 3.70. The standard InChI is InChI=1S/C14H19FN2O2/c15-10-4-5-11(12(16)8-10)13(19)17-14(9-18)6-2-1-3-7-14/h4-5,8,18H,1-3,6-7,9,16H2,(H,17,19). The number of rotatable bonds is 3. The number of nitrogen functional groups attached to an aromatic ring is 1. The number of anilines is 1. The smallest absolute Gasteiger partial charge is 0.253 e. The van der Waals surface area contributed by atoms with Crippen LogP contribution in [0.4, 0.5) is 10.1 Å². The van der Waals surface area contributed by atoms with Gasteiger partial charge < -0.3 is 16.2 Å². The minimum Gasteiger partial charge on any atom is -0.398 e. The quantitative estimate of drug-likeness (QED) is 0.731. The molecule has 0 spiro atoms. The van der Waals surface area contributed by atoms with Crippen molar-refractivity contribution >= 4 is 11.6 Å². The zero-order valence-electron chi connectivity index (χ0n) is 10.8. The summed E-state index contributed by atoms with van der Waals surface area (Å²) in [5, 5.41) is 12.4. The van der Waals surface area contributed by atoms with Crippen LogP contribution in [0.15, 0.2) is 18.2 Å². The highest BCUT2D eigenvalue weighted by Crippen LogP contribution is 2.28. The highest BCUT2D eigenvalue weighted by Gasteiger charge is 2.33. The van der Waals surface area contributed by atoms with E-state index in [4.69, 9.17) is 5.73 Å². The van der Waals surface area contributed by atoms with E-state index in [1.807, 2.05) is 0 Å². The van der Waals surface area contributed by atoms with Crippen molar-refractivity contribution in [3.63, 3.8) is 0 Å². The second-order valence-corrected chi connectivity index (χ2v) is 5.18. The molecule has 0 aliphatic heterocycles. The molecule has 1 aliphatic carbocycles. The number of hydrogen-bond donors (Lipinski definition) is 3. The van der Waals surface area contributed by atoms with Gasteiger partial charge in [0, 0.05) is 5.69 Å². The first-order valence-electron chi connectivity index (χ1n) is 6.55. The number of nitrogens with one attached hydrogen (secondary N) is 1. The average molecular weight is 266 g/mol. The van der Waals surface area contributed by atoms with E-state index < -0.39 is 11.4 Å². The summed E-state index contributed by atoms with van der Waals surface area (Å²) in [7, 11) is 0. The summed E-state index contributed by atoms with van der Waals surface area (Å²) in [6.07, 6.45) is 4.61. The lowest BCUT2D eigenvalue weighted by Crippen LogP contribution is -2.52. The van der Waals surface area contributed by atoms with Crippen molar-refractivity contribution in [3.05, 3.63) is 29.6 Å². The maximum absolute atomic E-state index is 13.0. The van der Waals surface area contributed by atoms with Crippen molar-refractivity contribution in [1.82, 2.24) is 5.32 Å². The number of nitrogens with two attached hydrogens (primary N) is 1. The Morgan fingerprint density at radius 3 is 2.63 bits per heavy atom. The second kappa shape index (κ2) is 5.57. The largest absolute Gasteiger partial charge is 0.398 e. The molecule has 0 bridgehead atoms. The van der Waals surface area contributed by atoms with E-state index in [-0.39, 0.29) is 23.8 Å². The van der Waals surface area contributed by atoms with Crippen molar-refractivity contribution in [2.75, 3.05) is 12.3 Å². The van der Waals surface area contributed by atoms with Crippen LogP contribution in [0.25, 0.3) is 0 Å². The van der Waals surface area contributed by atoms with Crippen LogP contribution in [-0.2, 0) is 0 Å². The Balaban J connectivity index is 2.15.